The van der Waals surface area contributed by atoms with Crippen LogP contribution in [0, 0.1) is 20.8 Å². The molecular weight excluding hydrogens is 350 g/mol. The van der Waals surface area contributed by atoms with E-state index < -0.39 is 5.97 Å². The highest BCUT2D eigenvalue weighted by atomic mass is 32.1. The SMILES string of the molecule is CC(=O)Nc1sc(C)c(C)c1C(=O)OCc1nc2ccccc2nc1C. The summed E-state index contributed by atoms with van der Waals surface area (Å²) in [4.78, 5) is 34.0. The molecular formula is C19H19N3O3S. The highest BCUT2D eigenvalue weighted by molar-refractivity contribution is 7.16. The molecule has 6 nitrogen and oxygen atoms in total. The predicted octanol–water partition coefficient (Wildman–Crippen LogP) is 3.93. The zero-order valence-corrected chi connectivity index (χ0v) is 15.9. The standard InChI is InChI=1S/C19H19N3O3S/c1-10-12(3)26-18(21-13(4)23)17(10)19(24)25-9-16-11(2)20-14-7-5-6-8-15(14)22-16/h5-8H,9H2,1-4H3,(H,21,23). The third kappa shape index (κ3) is 3.57. The molecule has 26 heavy (non-hydrogen) atoms. The van der Waals surface area contributed by atoms with Gasteiger partial charge in [-0.2, -0.15) is 0 Å². The monoisotopic (exact) mass is 369 g/mol. The van der Waals surface area contributed by atoms with Gasteiger partial charge < -0.3 is 10.1 Å². The first-order chi connectivity index (χ1) is 12.4. The van der Waals surface area contributed by atoms with Crippen molar-refractivity contribution in [1.82, 2.24) is 9.97 Å². The van der Waals surface area contributed by atoms with Crippen LogP contribution in [0.4, 0.5) is 5.00 Å². The Morgan fingerprint density at radius 3 is 2.42 bits per heavy atom. The lowest BCUT2D eigenvalue weighted by molar-refractivity contribution is -0.114. The summed E-state index contributed by atoms with van der Waals surface area (Å²) in [5.74, 6) is -0.707. The fraction of sp³-hybridized carbons (Fsp3) is 0.263. The van der Waals surface area contributed by atoms with E-state index in [2.05, 4.69) is 15.3 Å². The smallest absolute Gasteiger partial charge is 0.341 e. The first-order valence-electron chi connectivity index (χ1n) is 8.13. The maximum atomic E-state index is 12.6. The number of nitrogens with one attached hydrogen (secondary N) is 1. The number of aromatic nitrogens is 2. The van der Waals surface area contributed by atoms with E-state index in [1.54, 1.807) is 0 Å². The van der Waals surface area contributed by atoms with Crippen LogP contribution in [0.25, 0.3) is 11.0 Å². The van der Waals surface area contributed by atoms with Gasteiger partial charge in [0, 0.05) is 11.8 Å². The number of hydrogen-bond acceptors (Lipinski definition) is 6. The van der Waals surface area contributed by atoms with Crippen LogP contribution in [0.5, 0.6) is 0 Å². The second-order valence-electron chi connectivity index (χ2n) is 5.99. The van der Waals surface area contributed by atoms with Gasteiger partial charge in [-0.3, -0.25) is 4.79 Å². The summed E-state index contributed by atoms with van der Waals surface area (Å²) >= 11 is 1.36. The van der Waals surface area contributed by atoms with Gasteiger partial charge in [-0.15, -0.1) is 11.3 Å². The highest BCUT2D eigenvalue weighted by Crippen LogP contribution is 2.33. The molecule has 7 heteroatoms. The van der Waals surface area contributed by atoms with Crippen LogP contribution >= 0.6 is 11.3 Å². The zero-order chi connectivity index (χ0) is 18.8. The van der Waals surface area contributed by atoms with Crippen molar-refractivity contribution in [1.29, 1.82) is 0 Å². The molecule has 0 aliphatic heterocycles. The van der Waals surface area contributed by atoms with Gasteiger partial charge in [-0.05, 0) is 38.5 Å². The Balaban J connectivity index is 1.83. The summed E-state index contributed by atoms with van der Waals surface area (Å²) < 4.78 is 5.47. The molecule has 1 amide bonds. The fourth-order valence-electron chi connectivity index (χ4n) is 2.59. The van der Waals surface area contributed by atoms with E-state index in [1.165, 1.54) is 18.3 Å². The van der Waals surface area contributed by atoms with Crippen molar-refractivity contribution < 1.29 is 14.3 Å². The number of ether oxygens (including phenoxy) is 1. The molecule has 3 aromatic rings. The summed E-state index contributed by atoms with van der Waals surface area (Å²) in [6.07, 6.45) is 0. The molecule has 134 valence electrons. The van der Waals surface area contributed by atoms with Crippen LogP contribution in [0.15, 0.2) is 24.3 Å². The van der Waals surface area contributed by atoms with Crippen LogP contribution in [0.2, 0.25) is 0 Å². The van der Waals surface area contributed by atoms with Crippen molar-refractivity contribution >= 4 is 39.2 Å². The number of benzene rings is 1. The van der Waals surface area contributed by atoms with Crippen molar-refractivity contribution in [3.63, 3.8) is 0 Å². The van der Waals surface area contributed by atoms with Crippen LogP contribution in [-0.2, 0) is 16.1 Å². The number of thiophene rings is 1. The molecule has 1 aromatic carbocycles. The van der Waals surface area contributed by atoms with Gasteiger partial charge in [0.25, 0.3) is 0 Å². The quantitative estimate of drug-likeness (QED) is 0.705. The van der Waals surface area contributed by atoms with Crippen molar-refractivity contribution in [3.05, 3.63) is 51.7 Å². The van der Waals surface area contributed by atoms with Crippen LogP contribution in [0.3, 0.4) is 0 Å². The molecule has 0 unspecified atom stereocenters. The number of aryl methyl sites for hydroxylation is 2. The lowest BCUT2D eigenvalue weighted by atomic mass is 10.1. The van der Waals surface area contributed by atoms with Crippen LogP contribution in [-0.4, -0.2) is 21.8 Å². The third-order valence-electron chi connectivity index (χ3n) is 4.06. The summed E-state index contributed by atoms with van der Waals surface area (Å²) in [5.41, 5.74) is 4.10. The number of rotatable bonds is 4. The molecule has 0 aliphatic rings. The number of carbonyl (C=O) groups excluding carboxylic acids is 2. The Morgan fingerprint density at radius 1 is 1.12 bits per heavy atom. The van der Waals surface area contributed by atoms with Gasteiger partial charge in [0.15, 0.2) is 0 Å². The minimum absolute atomic E-state index is 0.0242. The van der Waals surface area contributed by atoms with E-state index in [0.29, 0.717) is 16.3 Å². The van der Waals surface area contributed by atoms with Gasteiger partial charge in [-0.25, -0.2) is 14.8 Å². The topological polar surface area (TPSA) is 81.2 Å². The molecule has 0 saturated heterocycles. The van der Waals surface area contributed by atoms with Gasteiger partial charge in [0.05, 0.1) is 28.0 Å². The van der Waals surface area contributed by atoms with E-state index in [4.69, 9.17) is 4.74 Å². The van der Waals surface area contributed by atoms with Crippen LogP contribution < -0.4 is 5.32 Å². The molecule has 0 radical (unpaired) electrons. The Kier molecular flexibility index (Phi) is 4.99. The molecule has 0 aliphatic carbocycles. The van der Waals surface area contributed by atoms with E-state index in [0.717, 1.165) is 27.2 Å². The second kappa shape index (κ2) is 7.21. The molecule has 0 bridgehead atoms. The first kappa shape index (κ1) is 18.0. The molecule has 0 saturated carbocycles. The average molecular weight is 369 g/mol. The highest BCUT2D eigenvalue weighted by Gasteiger charge is 2.22. The van der Waals surface area contributed by atoms with E-state index in [-0.39, 0.29) is 12.5 Å². The molecule has 3 rings (SSSR count). The summed E-state index contributed by atoms with van der Waals surface area (Å²) in [7, 11) is 0. The van der Waals surface area contributed by atoms with Crippen molar-refractivity contribution in [2.24, 2.45) is 0 Å². The van der Waals surface area contributed by atoms with E-state index >= 15 is 0 Å². The van der Waals surface area contributed by atoms with Gasteiger partial charge in [0.2, 0.25) is 5.91 Å². The third-order valence-corrected chi connectivity index (χ3v) is 5.18. The normalized spacial score (nSPS) is 10.8. The summed E-state index contributed by atoms with van der Waals surface area (Å²) in [6, 6.07) is 7.55. The Labute approximate surface area is 155 Å². The first-order valence-corrected chi connectivity index (χ1v) is 8.95. The Hall–Kier alpha value is -2.80. The predicted molar refractivity (Wildman–Crippen MR) is 101 cm³/mol. The van der Waals surface area contributed by atoms with Gasteiger partial charge >= 0.3 is 5.97 Å². The number of esters is 1. The average Bonchev–Trinajstić information content (AvgIpc) is 2.86. The van der Waals surface area contributed by atoms with E-state index in [9.17, 15) is 9.59 Å². The largest absolute Gasteiger partial charge is 0.455 e. The molecule has 0 spiro atoms. The van der Waals surface area contributed by atoms with Crippen molar-refractivity contribution in [3.8, 4) is 0 Å². The van der Waals surface area contributed by atoms with Crippen molar-refractivity contribution in [2.75, 3.05) is 5.32 Å². The number of anilines is 1. The number of fused-ring (bicyclic) bond motifs is 1. The Morgan fingerprint density at radius 2 is 1.77 bits per heavy atom. The maximum absolute atomic E-state index is 12.6. The lowest BCUT2D eigenvalue weighted by Gasteiger charge is -2.09. The molecule has 2 aromatic heterocycles. The second-order valence-corrected chi connectivity index (χ2v) is 7.21. The summed E-state index contributed by atoms with van der Waals surface area (Å²) in [5, 5.41) is 3.21. The number of carbonyl (C=O) groups is 2. The molecule has 1 N–H and O–H groups in total. The summed E-state index contributed by atoms with van der Waals surface area (Å²) in [6.45, 7) is 7.02. The van der Waals surface area contributed by atoms with Gasteiger partial charge in [0.1, 0.15) is 11.6 Å². The Bertz CT molecular complexity index is 1010. The van der Waals surface area contributed by atoms with Gasteiger partial charge in [-0.1, -0.05) is 12.1 Å². The number of amides is 1. The van der Waals surface area contributed by atoms with Crippen molar-refractivity contribution in [2.45, 2.75) is 34.3 Å². The number of para-hydroxylation sites is 2. The maximum Gasteiger partial charge on any atom is 0.341 e. The molecule has 0 atom stereocenters. The minimum atomic E-state index is -0.482. The molecule has 0 fully saturated rings. The fourth-order valence-corrected chi connectivity index (χ4v) is 3.68. The minimum Gasteiger partial charge on any atom is -0.455 e. The lowest BCUT2D eigenvalue weighted by Crippen LogP contribution is -2.13. The van der Waals surface area contributed by atoms with Crippen LogP contribution in [0.1, 0.15) is 39.1 Å². The molecule has 2 heterocycles. The number of nitrogens with zero attached hydrogens (tertiary/aromatic N) is 2. The van der Waals surface area contributed by atoms with E-state index in [1.807, 2.05) is 45.0 Å². The zero-order valence-electron chi connectivity index (χ0n) is 15.0. The number of hydrogen-bond donors (Lipinski definition) is 1.